The van der Waals surface area contributed by atoms with Gasteiger partial charge in [-0.15, -0.1) is 0 Å². The maximum atomic E-state index is 12.8. The van der Waals surface area contributed by atoms with E-state index in [-0.39, 0.29) is 10.8 Å². The fourth-order valence-electron chi connectivity index (χ4n) is 4.70. The standard InChI is InChI=1S/C16H26O3S/c1-14(2,3)19-13-16-10-6-4-8-15(16,9-5-7-11-16)12-20(13,17)18/h4,6,13H,5,7-12H2,1-3H3/t13-,15-,16-/m0/s1. The summed E-state index contributed by atoms with van der Waals surface area (Å²) in [5.41, 5.74) is -1.26. The number of hydrogen-bond donors (Lipinski definition) is 0. The van der Waals surface area contributed by atoms with Gasteiger partial charge < -0.3 is 4.74 Å². The minimum atomic E-state index is -3.17. The molecular weight excluding hydrogens is 272 g/mol. The lowest BCUT2D eigenvalue weighted by Gasteiger charge is -2.52. The van der Waals surface area contributed by atoms with E-state index in [0.29, 0.717) is 5.75 Å². The summed E-state index contributed by atoms with van der Waals surface area (Å²) < 4.78 is 31.7. The molecule has 0 unspecified atom stereocenters. The van der Waals surface area contributed by atoms with Crippen LogP contribution in [-0.4, -0.2) is 25.2 Å². The molecule has 0 bridgehead atoms. The van der Waals surface area contributed by atoms with Crippen molar-refractivity contribution in [3.05, 3.63) is 12.2 Å². The molecule has 1 saturated heterocycles. The quantitative estimate of drug-likeness (QED) is 0.696. The van der Waals surface area contributed by atoms with Gasteiger partial charge in [-0.1, -0.05) is 25.0 Å². The summed E-state index contributed by atoms with van der Waals surface area (Å²) in [7, 11) is -3.17. The van der Waals surface area contributed by atoms with Gasteiger partial charge >= 0.3 is 0 Å². The molecule has 3 nitrogen and oxygen atoms in total. The zero-order valence-corrected chi connectivity index (χ0v) is 13.6. The number of sulfone groups is 1. The summed E-state index contributed by atoms with van der Waals surface area (Å²) in [6.07, 6.45) is 10.5. The monoisotopic (exact) mass is 298 g/mol. The SMILES string of the molecule is CC(C)(C)O[C@@H]1[C@@]23CC=CC[C@]2(CCCC3)CS1(=O)=O. The highest BCUT2D eigenvalue weighted by atomic mass is 32.2. The molecule has 0 aromatic carbocycles. The van der Waals surface area contributed by atoms with Crippen LogP contribution in [0.3, 0.4) is 0 Å². The van der Waals surface area contributed by atoms with E-state index in [4.69, 9.17) is 4.74 Å². The maximum absolute atomic E-state index is 12.8. The molecule has 0 radical (unpaired) electrons. The van der Waals surface area contributed by atoms with Gasteiger partial charge in [0.2, 0.25) is 0 Å². The second-order valence-electron chi connectivity index (χ2n) is 7.89. The minimum Gasteiger partial charge on any atom is -0.356 e. The molecule has 0 spiro atoms. The van der Waals surface area contributed by atoms with Crippen LogP contribution in [0.5, 0.6) is 0 Å². The van der Waals surface area contributed by atoms with Gasteiger partial charge in [0.1, 0.15) is 0 Å². The van der Waals surface area contributed by atoms with E-state index in [1.807, 2.05) is 20.8 Å². The molecule has 20 heavy (non-hydrogen) atoms. The first kappa shape index (κ1) is 14.6. The van der Waals surface area contributed by atoms with Crippen LogP contribution in [0.4, 0.5) is 0 Å². The van der Waals surface area contributed by atoms with E-state index in [9.17, 15) is 8.42 Å². The van der Waals surface area contributed by atoms with Crippen molar-refractivity contribution in [2.24, 2.45) is 10.8 Å². The summed E-state index contributed by atoms with van der Waals surface area (Å²) in [5, 5.41) is 0. The van der Waals surface area contributed by atoms with Gasteiger partial charge in [0, 0.05) is 5.41 Å². The molecule has 4 heteroatoms. The first-order valence-electron chi connectivity index (χ1n) is 7.75. The molecule has 0 aromatic heterocycles. The molecule has 1 heterocycles. The Morgan fingerprint density at radius 2 is 1.75 bits per heavy atom. The second-order valence-corrected chi connectivity index (χ2v) is 9.94. The van der Waals surface area contributed by atoms with Crippen LogP contribution < -0.4 is 0 Å². The van der Waals surface area contributed by atoms with Crippen molar-refractivity contribution in [3.8, 4) is 0 Å². The fraction of sp³-hybridized carbons (Fsp3) is 0.875. The molecule has 3 rings (SSSR count). The van der Waals surface area contributed by atoms with Crippen LogP contribution >= 0.6 is 0 Å². The van der Waals surface area contributed by atoms with Gasteiger partial charge in [-0.2, -0.15) is 0 Å². The normalized spacial score (nSPS) is 43.0. The van der Waals surface area contributed by atoms with Gasteiger partial charge in [0.15, 0.2) is 15.3 Å². The van der Waals surface area contributed by atoms with Crippen molar-refractivity contribution in [1.82, 2.24) is 0 Å². The highest BCUT2D eigenvalue weighted by Crippen LogP contribution is 2.65. The molecule has 3 aliphatic rings. The molecule has 1 saturated carbocycles. The Labute approximate surface area is 122 Å². The molecule has 3 atom stereocenters. The Morgan fingerprint density at radius 3 is 2.45 bits per heavy atom. The minimum absolute atomic E-state index is 0.0608. The maximum Gasteiger partial charge on any atom is 0.178 e. The van der Waals surface area contributed by atoms with Gasteiger partial charge in [0.05, 0.1) is 11.4 Å². The Kier molecular flexibility index (Phi) is 3.15. The van der Waals surface area contributed by atoms with Crippen LogP contribution in [0.1, 0.15) is 59.3 Å². The number of allylic oxidation sites excluding steroid dienone is 2. The van der Waals surface area contributed by atoms with E-state index in [1.165, 1.54) is 0 Å². The highest BCUT2D eigenvalue weighted by molar-refractivity contribution is 7.92. The van der Waals surface area contributed by atoms with E-state index in [1.54, 1.807) is 0 Å². The van der Waals surface area contributed by atoms with Crippen LogP contribution in [0.2, 0.25) is 0 Å². The average molecular weight is 298 g/mol. The number of rotatable bonds is 1. The lowest BCUT2D eigenvalue weighted by molar-refractivity contribution is -0.124. The zero-order valence-electron chi connectivity index (χ0n) is 12.8. The Balaban J connectivity index is 2.10. The van der Waals surface area contributed by atoms with Crippen molar-refractivity contribution < 1.29 is 13.2 Å². The van der Waals surface area contributed by atoms with E-state index >= 15 is 0 Å². The molecular formula is C16H26O3S. The lowest BCUT2D eigenvalue weighted by atomic mass is 9.52. The summed E-state index contributed by atoms with van der Waals surface area (Å²) in [6.45, 7) is 5.88. The molecule has 0 amide bonds. The van der Waals surface area contributed by atoms with Crippen LogP contribution in [0.25, 0.3) is 0 Å². The zero-order chi connectivity index (χ0) is 14.6. The van der Waals surface area contributed by atoms with Crippen LogP contribution in [0.15, 0.2) is 12.2 Å². The first-order valence-corrected chi connectivity index (χ1v) is 9.47. The Morgan fingerprint density at radius 1 is 1.10 bits per heavy atom. The molecule has 2 aliphatic carbocycles. The van der Waals surface area contributed by atoms with Crippen molar-refractivity contribution >= 4 is 9.84 Å². The third-order valence-corrected chi connectivity index (χ3v) is 7.61. The van der Waals surface area contributed by atoms with Gasteiger partial charge in [-0.25, -0.2) is 8.42 Å². The lowest BCUT2D eigenvalue weighted by Crippen LogP contribution is -2.50. The van der Waals surface area contributed by atoms with Gasteiger partial charge in [-0.05, 0) is 51.9 Å². The molecule has 0 N–H and O–H groups in total. The van der Waals surface area contributed by atoms with Crippen molar-refractivity contribution in [1.29, 1.82) is 0 Å². The Bertz CT molecular complexity index is 528. The third-order valence-electron chi connectivity index (χ3n) is 5.46. The molecule has 114 valence electrons. The van der Waals surface area contributed by atoms with Crippen LogP contribution in [-0.2, 0) is 14.6 Å². The predicted octanol–water partition coefficient (Wildman–Crippen LogP) is 3.45. The third kappa shape index (κ3) is 1.98. The second kappa shape index (κ2) is 4.33. The van der Waals surface area contributed by atoms with Crippen molar-refractivity contribution in [3.63, 3.8) is 0 Å². The van der Waals surface area contributed by atoms with Crippen LogP contribution in [0, 0.1) is 10.8 Å². The summed E-state index contributed by atoms with van der Waals surface area (Å²) in [4.78, 5) is 0. The summed E-state index contributed by atoms with van der Waals surface area (Å²) >= 11 is 0. The summed E-state index contributed by atoms with van der Waals surface area (Å²) in [5.74, 6) is 0.324. The number of ether oxygens (including phenoxy) is 1. The molecule has 2 fully saturated rings. The van der Waals surface area contributed by atoms with E-state index in [2.05, 4.69) is 12.2 Å². The average Bonchev–Trinajstić information content (AvgIpc) is 2.53. The predicted molar refractivity (Wildman–Crippen MR) is 80.1 cm³/mol. The Hall–Kier alpha value is -0.350. The first-order chi connectivity index (χ1) is 9.21. The van der Waals surface area contributed by atoms with Crippen molar-refractivity contribution in [2.45, 2.75) is 70.3 Å². The number of hydrogen-bond acceptors (Lipinski definition) is 3. The summed E-state index contributed by atoms with van der Waals surface area (Å²) in [6, 6.07) is 0. The smallest absolute Gasteiger partial charge is 0.178 e. The van der Waals surface area contributed by atoms with Gasteiger partial charge in [-0.3, -0.25) is 0 Å². The highest BCUT2D eigenvalue weighted by Gasteiger charge is 2.67. The largest absolute Gasteiger partial charge is 0.356 e. The van der Waals surface area contributed by atoms with Crippen molar-refractivity contribution in [2.75, 3.05) is 5.75 Å². The molecule has 1 aliphatic heterocycles. The molecule has 0 aromatic rings. The fourth-order valence-corrected chi connectivity index (χ4v) is 7.75. The van der Waals surface area contributed by atoms with Gasteiger partial charge in [0.25, 0.3) is 0 Å². The topological polar surface area (TPSA) is 43.4 Å². The van der Waals surface area contributed by atoms with E-state index < -0.39 is 20.9 Å². The van der Waals surface area contributed by atoms with E-state index in [0.717, 1.165) is 38.5 Å².